The number of amides is 1. The topological polar surface area (TPSA) is 65.1 Å². The molecule has 0 aromatic heterocycles. The number of carbonyl (C=O) groups excluding carboxylic acids is 2. The number of rotatable bonds is 9. The van der Waals surface area contributed by atoms with Crippen LogP contribution in [0, 0.1) is 0 Å². The van der Waals surface area contributed by atoms with Crippen molar-refractivity contribution >= 4 is 30.8 Å². The molecule has 0 bridgehead atoms. The minimum Gasteiger partial charge on any atom is -0.459 e. The first-order chi connectivity index (χ1) is 20.8. The Morgan fingerprint density at radius 3 is 1.60 bits per heavy atom. The number of likely N-dealkylation sites (tertiary alicyclic amines) is 1. The molecule has 43 heavy (non-hydrogen) atoms. The number of benzene rings is 4. The van der Waals surface area contributed by atoms with Crippen molar-refractivity contribution in [3.05, 3.63) is 132 Å². The maximum absolute atomic E-state index is 13.9. The summed E-state index contributed by atoms with van der Waals surface area (Å²) < 4.78 is 18.9. The van der Waals surface area contributed by atoms with Crippen molar-refractivity contribution in [3.63, 3.8) is 0 Å². The van der Waals surface area contributed by atoms with Gasteiger partial charge < -0.3 is 13.9 Å². The van der Waals surface area contributed by atoms with E-state index in [0.29, 0.717) is 13.0 Å². The lowest BCUT2D eigenvalue weighted by Crippen LogP contribution is -2.68. The maximum atomic E-state index is 13.9. The van der Waals surface area contributed by atoms with Gasteiger partial charge >= 0.3 is 12.1 Å². The summed E-state index contributed by atoms with van der Waals surface area (Å²) in [4.78, 5) is 28.9. The van der Waals surface area contributed by atoms with E-state index < -0.39 is 32.5 Å². The molecule has 0 radical (unpaired) electrons. The van der Waals surface area contributed by atoms with Gasteiger partial charge in [-0.2, -0.15) is 0 Å². The molecule has 1 aliphatic heterocycles. The molecule has 222 valence electrons. The highest BCUT2D eigenvalue weighted by molar-refractivity contribution is 6.99. The number of esters is 1. The molecule has 5 rings (SSSR count). The van der Waals surface area contributed by atoms with Gasteiger partial charge in [0.25, 0.3) is 8.32 Å². The van der Waals surface area contributed by atoms with Crippen LogP contribution in [0.1, 0.15) is 38.3 Å². The Kier molecular flexibility index (Phi) is 9.43. The van der Waals surface area contributed by atoms with E-state index in [1.165, 1.54) is 4.90 Å². The molecule has 0 unspecified atom stereocenters. The van der Waals surface area contributed by atoms with Gasteiger partial charge in [-0.3, -0.25) is 4.90 Å². The Balaban J connectivity index is 1.49. The fourth-order valence-electron chi connectivity index (χ4n) is 5.91. The van der Waals surface area contributed by atoms with Gasteiger partial charge in [0.15, 0.2) is 6.04 Å². The maximum Gasteiger partial charge on any atom is 0.410 e. The van der Waals surface area contributed by atoms with Gasteiger partial charge in [-0.05, 0) is 33.0 Å². The lowest BCUT2D eigenvalue weighted by atomic mass is 10.2. The summed E-state index contributed by atoms with van der Waals surface area (Å²) in [6, 6.07) is 38.7. The summed E-state index contributed by atoms with van der Waals surface area (Å²) in [5.74, 6) is -0.499. The van der Waals surface area contributed by atoms with Gasteiger partial charge in [-0.15, -0.1) is 0 Å². The lowest BCUT2D eigenvalue weighted by Gasteiger charge is -2.45. The molecular formula is C36H39NO5Si. The predicted molar refractivity (Wildman–Crippen MR) is 170 cm³/mol. The molecule has 0 N–H and O–H groups in total. The molecule has 4 aromatic rings. The first-order valence-electron chi connectivity index (χ1n) is 14.8. The zero-order valence-corrected chi connectivity index (χ0v) is 26.0. The molecule has 1 aliphatic rings. The minimum absolute atomic E-state index is 0.106. The van der Waals surface area contributed by atoms with E-state index in [-0.39, 0.29) is 18.3 Å². The monoisotopic (exact) mass is 593 g/mol. The molecule has 1 fully saturated rings. The van der Waals surface area contributed by atoms with E-state index in [0.717, 1.165) is 21.5 Å². The third-order valence-electron chi connectivity index (χ3n) is 7.99. The van der Waals surface area contributed by atoms with Gasteiger partial charge in [-0.1, -0.05) is 142 Å². The van der Waals surface area contributed by atoms with Crippen molar-refractivity contribution in [2.75, 3.05) is 6.54 Å². The number of carbonyl (C=O) groups is 2. The van der Waals surface area contributed by atoms with E-state index in [9.17, 15) is 9.59 Å². The van der Waals surface area contributed by atoms with E-state index in [1.807, 2.05) is 97.1 Å². The van der Waals surface area contributed by atoms with Crippen LogP contribution < -0.4 is 10.4 Å². The quantitative estimate of drug-likeness (QED) is 0.174. The van der Waals surface area contributed by atoms with Crippen molar-refractivity contribution in [2.45, 2.75) is 57.6 Å². The number of nitrogens with zero attached hydrogens (tertiary/aromatic N) is 1. The fourth-order valence-corrected chi connectivity index (χ4v) is 10.6. The van der Waals surface area contributed by atoms with Crippen molar-refractivity contribution in [1.82, 2.24) is 4.90 Å². The van der Waals surface area contributed by atoms with Crippen LogP contribution in [0.3, 0.4) is 0 Å². The molecule has 0 spiro atoms. The smallest absolute Gasteiger partial charge is 0.410 e. The highest BCUT2D eigenvalue weighted by Gasteiger charge is 2.55. The Hall–Kier alpha value is -4.20. The third-order valence-corrected chi connectivity index (χ3v) is 13.1. The van der Waals surface area contributed by atoms with Gasteiger partial charge in [0.2, 0.25) is 0 Å². The van der Waals surface area contributed by atoms with Crippen LogP contribution in [0.2, 0.25) is 5.04 Å². The van der Waals surface area contributed by atoms with Crippen LogP contribution >= 0.6 is 0 Å². The molecule has 0 aliphatic carbocycles. The first-order valence-corrected chi connectivity index (χ1v) is 16.7. The average Bonchev–Trinajstić information content (AvgIpc) is 3.46. The second-order valence-electron chi connectivity index (χ2n) is 11.9. The second-order valence-corrected chi connectivity index (χ2v) is 16.1. The molecule has 1 heterocycles. The summed E-state index contributed by atoms with van der Waals surface area (Å²) in [5, 5.41) is 1.92. The van der Waals surface area contributed by atoms with Crippen LogP contribution in [-0.4, -0.2) is 44.0 Å². The van der Waals surface area contributed by atoms with Crippen LogP contribution in [-0.2, 0) is 31.9 Å². The van der Waals surface area contributed by atoms with Crippen LogP contribution in [0.5, 0.6) is 0 Å². The summed E-state index contributed by atoms with van der Waals surface area (Å²) >= 11 is 0. The summed E-state index contributed by atoms with van der Waals surface area (Å²) in [7, 11) is -3.01. The van der Waals surface area contributed by atoms with E-state index in [2.05, 4.69) is 45.0 Å². The van der Waals surface area contributed by atoms with Crippen LogP contribution in [0.4, 0.5) is 4.79 Å². The van der Waals surface area contributed by atoms with Gasteiger partial charge in [0, 0.05) is 6.54 Å². The SMILES string of the molecule is CC(C)(C)[Si](O[C@H]1CCN(C(=O)OCc2ccccc2)[C@@H]1C(=O)OCc1ccccc1)(c1ccccc1)c1ccccc1. The Morgan fingerprint density at radius 2 is 1.14 bits per heavy atom. The number of hydrogen-bond acceptors (Lipinski definition) is 5. The summed E-state index contributed by atoms with van der Waals surface area (Å²) in [6.45, 7) is 7.13. The molecule has 7 heteroatoms. The van der Waals surface area contributed by atoms with E-state index in [4.69, 9.17) is 13.9 Å². The zero-order chi connectivity index (χ0) is 30.3. The summed E-state index contributed by atoms with van der Waals surface area (Å²) in [5.41, 5.74) is 1.75. The molecule has 2 atom stereocenters. The minimum atomic E-state index is -3.01. The third kappa shape index (κ3) is 6.74. The molecular weight excluding hydrogens is 554 g/mol. The molecule has 6 nitrogen and oxygen atoms in total. The normalized spacial score (nSPS) is 17.0. The Labute approximate surface area is 255 Å². The van der Waals surface area contributed by atoms with Gasteiger partial charge in [0.05, 0.1) is 6.10 Å². The van der Waals surface area contributed by atoms with Crippen molar-refractivity contribution in [3.8, 4) is 0 Å². The van der Waals surface area contributed by atoms with Gasteiger partial charge in [-0.25, -0.2) is 9.59 Å². The van der Waals surface area contributed by atoms with Gasteiger partial charge in [0.1, 0.15) is 13.2 Å². The number of ether oxygens (including phenoxy) is 2. The number of hydrogen-bond donors (Lipinski definition) is 0. The van der Waals surface area contributed by atoms with E-state index >= 15 is 0 Å². The molecule has 1 saturated heterocycles. The summed E-state index contributed by atoms with van der Waals surface area (Å²) in [6.07, 6.45) is -0.659. The largest absolute Gasteiger partial charge is 0.459 e. The van der Waals surface area contributed by atoms with Crippen molar-refractivity contribution in [2.24, 2.45) is 0 Å². The first kappa shape index (κ1) is 30.3. The highest BCUT2D eigenvalue weighted by atomic mass is 28.4. The lowest BCUT2D eigenvalue weighted by molar-refractivity contribution is -0.152. The molecule has 4 aromatic carbocycles. The Bertz CT molecular complexity index is 1440. The standard InChI is InChI=1S/C36H39NO5Si/c1-36(2,3)43(30-20-12-6-13-21-30,31-22-14-7-15-23-31)42-32-24-25-37(35(39)41-27-29-18-10-5-11-19-29)33(32)34(38)40-26-28-16-8-4-9-17-28/h4-23,32-33H,24-27H2,1-3H3/t32-,33-/m0/s1. The zero-order valence-electron chi connectivity index (χ0n) is 25.0. The fraction of sp³-hybridized carbons (Fsp3) is 0.278. The predicted octanol–water partition coefficient (Wildman–Crippen LogP) is 6.09. The van der Waals surface area contributed by atoms with Crippen LogP contribution in [0.25, 0.3) is 0 Å². The molecule has 0 saturated carbocycles. The van der Waals surface area contributed by atoms with Crippen LogP contribution in [0.15, 0.2) is 121 Å². The average molecular weight is 594 g/mol. The Morgan fingerprint density at radius 1 is 0.698 bits per heavy atom. The second kappa shape index (κ2) is 13.4. The van der Waals surface area contributed by atoms with Crippen molar-refractivity contribution in [1.29, 1.82) is 0 Å². The van der Waals surface area contributed by atoms with E-state index in [1.54, 1.807) is 0 Å². The highest BCUT2D eigenvalue weighted by Crippen LogP contribution is 2.39. The van der Waals surface area contributed by atoms with Crippen molar-refractivity contribution < 1.29 is 23.5 Å². The molecule has 1 amide bonds.